The summed E-state index contributed by atoms with van der Waals surface area (Å²) in [5, 5.41) is 5.59. The van der Waals surface area contributed by atoms with E-state index in [0.29, 0.717) is 31.1 Å². The summed E-state index contributed by atoms with van der Waals surface area (Å²) in [6.07, 6.45) is 2.13. The Morgan fingerprint density at radius 1 is 1.25 bits per heavy atom. The Morgan fingerprint density at radius 3 is 2.38 bits per heavy atom. The zero-order valence-electron chi connectivity index (χ0n) is 13.9. The number of benzene rings is 1. The van der Waals surface area contributed by atoms with Crippen LogP contribution >= 0.6 is 12.2 Å². The lowest BCUT2D eigenvalue weighted by Crippen LogP contribution is -2.37. The number of piperidine rings is 1. The molecule has 1 fully saturated rings. The number of sulfonamides is 1. The van der Waals surface area contributed by atoms with Gasteiger partial charge in [0.05, 0.1) is 4.90 Å². The van der Waals surface area contributed by atoms with Gasteiger partial charge in [-0.3, -0.25) is 4.79 Å². The van der Waals surface area contributed by atoms with Gasteiger partial charge in [0.15, 0.2) is 5.11 Å². The van der Waals surface area contributed by atoms with Crippen LogP contribution in [0.3, 0.4) is 0 Å². The van der Waals surface area contributed by atoms with Crippen LogP contribution in [-0.4, -0.2) is 36.8 Å². The number of rotatable bonds is 4. The van der Waals surface area contributed by atoms with E-state index in [1.54, 1.807) is 35.5 Å². The molecule has 1 amide bonds. The number of anilines is 1. The summed E-state index contributed by atoms with van der Waals surface area (Å²) in [5.74, 6) is 0.397. The van der Waals surface area contributed by atoms with E-state index in [2.05, 4.69) is 17.6 Å². The summed E-state index contributed by atoms with van der Waals surface area (Å²) in [6.45, 7) is 5.01. The lowest BCUT2D eigenvalue weighted by Gasteiger charge is -2.29. The predicted molar refractivity (Wildman–Crippen MR) is 98.3 cm³/mol. The maximum Gasteiger partial charge on any atom is 0.243 e. The van der Waals surface area contributed by atoms with Gasteiger partial charge in [-0.2, -0.15) is 4.31 Å². The molecule has 8 heteroatoms. The Balaban J connectivity index is 2.03. The summed E-state index contributed by atoms with van der Waals surface area (Å²) in [7, 11) is -3.45. The second kappa shape index (κ2) is 8.04. The first-order valence-electron chi connectivity index (χ1n) is 8.04. The number of nitrogens with zero attached hydrogens (tertiary/aromatic N) is 1. The first-order chi connectivity index (χ1) is 11.3. The highest BCUT2D eigenvalue weighted by Gasteiger charge is 2.27. The average molecular weight is 370 g/mol. The van der Waals surface area contributed by atoms with Gasteiger partial charge < -0.3 is 10.6 Å². The highest BCUT2D eigenvalue weighted by molar-refractivity contribution is 7.89. The smallest absolute Gasteiger partial charge is 0.243 e. The Hall–Kier alpha value is -1.51. The molecule has 0 spiro atoms. The summed E-state index contributed by atoms with van der Waals surface area (Å²) < 4.78 is 26.8. The molecule has 24 heavy (non-hydrogen) atoms. The van der Waals surface area contributed by atoms with Crippen LogP contribution in [0.5, 0.6) is 0 Å². The molecule has 0 aliphatic carbocycles. The number of hydrogen-bond donors (Lipinski definition) is 2. The predicted octanol–water partition coefficient (Wildman–Crippen LogP) is 2.33. The molecule has 1 aliphatic rings. The van der Waals surface area contributed by atoms with Gasteiger partial charge in [0.2, 0.25) is 15.9 Å². The van der Waals surface area contributed by atoms with Crippen LogP contribution < -0.4 is 10.6 Å². The highest BCUT2D eigenvalue weighted by Crippen LogP contribution is 2.24. The first kappa shape index (κ1) is 18.8. The van der Waals surface area contributed by atoms with Crippen LogP contribution in [0.15, 0.2) is 29.2 Å². The van der Waals surface area contributed by atoms with Crippen LogP contribution in [0.2, 0.25) is 0 Å². The van der Waals surface area contributed by atoms with Crippen molar-refractivity contribution in [3.8, 4) is 0 Å². The number of hydrogen-bond acceptors (Lipinski definition) is 4. The van der Waals surface area contributed by atoms with E-state index >= 15 is 0 Å². The second-order valence-corrected chi connectivity index (χ2v) is 8.31. The molecule has 2 N–H and O–H groups in total. The maximum absolute atomic E-state index is 12.6. The van der Waals surface area contributed by atoms with Gasteiger partial charge in [0.1, 0.15) is 0 Å². The SMILES string of the molecule is CCC(=O)NC(=S)Nc1ccc(S(=O)(=O)N2CCC(C)CC2)cc1. The number of carbonyl (C=O) groups is 1. The summed E-state index contributed by atoms with van der Waals surface area (Å²) in [4.78, 5) is 11.5. The van der Waals surface area contributed by atoms with E-state index in [1.165, 1.54) is 0 Å². The molecule has 1 aliphatic heterocycles. The number of carbonyl (C=O) groups excluding carboxylic acids is 1. The number of nitrogens with one attached hydrogen (secondary N) is 2. The van der Waals surface area contributed by atoms with Crippen molar-refractivity contribution < 1.29 is 13.2 Å². The number of amides is 1. The van der Waals surface area contributed by atoms with Crippen LogP contribution in [0, 0.1) is 5.92 Å². The quantitative estimate of drug-likeness (QED) is 0.797. The van der Waals surface area contributed by atoms with Crippen molar-refractivity contribution in [1.82, 2.24) is 9.62 Å². The van der Waals surface area contributed by atoms with Gasteiger partial charge >= 0.3 is 0 Å². The molecule has 1 aromatic carbocycles. The molecular weight excluding hydrogens is 346 g/mol. The largest absolute Gasteiger partial charge is 0.332 e. The van der Waals surface area contributed by atoms with Crippen LogP contribution in [0.25, 0.3) is 0 Å². The van der Waals surface area contributed by atoms with E-state index in [1.807, 2.05) is 0 Å². The molecule has 0 saturated carbocycles. The summed E-state index contributed by atoms with van der Waals surface area (Å²) in [5.41, 5.74) is 0.627. The molecule has 2 rings (SSSR count). The highest BCUT2D eigenvalue weighted by atomic mass is 32.2. The maximum atomic E-state index is 12.6. The molecule has 6 nitrogen and oxygen atoms in total. The molecule has 0 bridgehead atoms. The Bertz CT molecular complexity index is 694. The number of thiocarbonyl (C=S) groups is 1. The topological polar surface area (TPSA) is 78.5 Å². The minimum Gasteiger partial charge on any atom is -0.332 e. The molecule has 0 unspecified atom stereocenters. The van der Waals surface area contributed by atoms with E-state index in [9.17, 15) is 13.2 Å². The fourth-order valence-corrected chi connectivity index (χ4v) is 4.16. The van der Waals surface area contributed by atoms with Crippen molar-refractivity contribution in [2.24, 2.45) is 5.92 Å². The minimum absolute atomic E-state index is 0.175. The van der Waals surface area contributed by atoms with Crippen molar-refractivity contribution in [2.75, 3.05) is 18.4 Å². The van der Waals surface area contributed by atoms with Gasteiger partial charge in [-0.15, -0.1) is 0 Å². The van der Waals surface area contributed by atoms with Gasteiger partial charge in [0, 0.05) is 25.2 Å². The third-order valence-electron chi connectivity index (χ3n) is 4.07. The average Bonchev–Trinajstić information content (AvgIpc) is 2.55. The van der Waals surface area contributed by atoms with Gasteiger partial charge in [0.25, 0.3) is 0 Å². The molecule has 0 aromatic heterocycles. The normalized spacial score (nSPS) is 16.6. The van der Waals surface area contributed by atoms with Crippen LogP contribution in [-0.2, 0) is 14.8 Å². The molecule has 0 atom stereocenters. The van der Waals surface area contributed by atoms with Crippen LogP contribution in [0.1, 0.15) is 33.1 Å². The van der Waals surface area contributed by atoms with E-state index in [-0.39, 0.29) is 15.9 Å². The Labute approximate surface area is 148 Å². The fourth-order valence-electron chi connectivity index (χ4n) is 2.46. The zero-order chi connectivity index (χ0) is 17.7. The van der Waals surface area contributed by atoms with Gasteiger partial charge in [-0.1, -0.05) is 13.8 Å². The molecule has 1 aromatic rings. The Kier molecular flexibility index (Phi) is 6.31. The van der Waals surface area contributed by atoms with Crippen molar-refractivity contribution in [3.63, 3.8) is 0 Å². The van der Waals surface area contributed by atoms with Gasteiger partial charge in [-0.25, -0.2) is 8.42 Å². The van der Waals surface area contributed by atoms with Crippen molar-refractivity contribution in [1.29, 1.82) is 0 Å². The van der Waals surface area contributed by atoms with Crippen LogP contribution in [0.4, 0.5) is 5.69 Å². The lowest BCUT2D eigenvalue weighted by atomic mass is 10.0. The summed E-state index contributed by atoms with van der Waals surface area (Å²) >= 11 is 5.03. The van der Waals surface area contributed by atoms with Crippen molar-refractivity contribution in [2.45, 2.75) is 38.0 Å². The van der Waals surface area contributed by atoms with Crippen molar-refractivity contribution >= 4 is 38.9 Å². The molecular formula is C16H23N3O3S2. The zero-order valence-corrected chi connectivity index (χ0v) is 15.5. The monoisotopic (exact) mass is 369 g/mol. The lowest BCUT2D eigenvalue weighted by molar-refractivity contribution is -0.119. The second-order valence-electron chi connectivity index (χ2n) is 5.97. The van der Waals surface area contributed by atoms with Gasteiger partial charge in [-0.05, 0) is 55.2 Å². The minimum atomic E-state index is -3.45. The third-order valence-corrected chi connectivity index (χ3v) is 6.18. The molecule has 1 heterocycles. The summed E-state index contributed by atoms with van der Waals surface area (Å²) in [6, 6.07) is 6.40. The van der Waals surface area contributed by atoms with Crippen molar-refractivity contribution in [3.05, 3.63) is 24.3 Å². The van der Waals surface area contributed by atoms with E-state index in [0.717, 1.165) is 12.8 Å². The third kappa shape index (κ3) is 4.75. The first-order valence-corrected chi connectivity index (χ1v) is 9.88. The van der Waals surface area contributed by atoms with E-state index < -0.39 is 10.0 Å². The molecule has 1 saturated heterocycles. The fraction of sp³-hybridized carbons (Fsp3) is 0.500. The molecule has 132 valence electrons. The Morgan fingerprint density at radius 2 is 1.83 bits per heavy atom. The standard InChI is InChI=1S/C16H23N3O3S2/c1-3-15(20)18-16(23)17-13-4-6-14(7-5-13)24(21,22)19-10-8-12(2)9-11-19/h4-7,12H,3,8-11H2,1-2H3,(H2,17,18,20,23). The van der Waals surface area contributed by atoms with E-state index in [4.69, 9.17) is 12.2 Å². The molecule has 0 radical (unpaired) electrons.